The molecule has 0 saturated heterocycles. The molecule has 18 heavy (non-hydrogen) atoms. The summed E-state index contributed by atoms with van der Waals surface area (Å²) in [4.78, 5) is 27.5. The number of aryl methyl sites for hydroxylation is 1. The quantitative estimate of drug-likeness (QED) is 0.855. The van der Waals surface area contributed by atoms with Gasteiger partial charge in [0.05, 0.1) is 10.7 Å². The van der Waals surface area contributed by atoms with Crippen molar-refractivity contribution < 1.29 is 14.7 Å². The van der Waals surface area contributed by atoms with Gasteiger partial charge in [0.15, 0.2) is 0 Å². The summed E-state index contributed by atoms with van der Waals surface area (Å²) in [5.41, 5.74) is 0.752. The van der Waals surface area contributed by atoms with E-state index in [9.17, 15) is 9.59 Å². The molecule has 0 unspecified atom stereocenters. The van der Waals surface area contributed by atoms with Crippen LogP contribution in [0.3, 0.4) is 0 Å². The zero-order chi connectivity index (χ0) is 13.9. The first-order chi connectivity index (χ1) is 8.31. The number of rotatable bonds is 5. The van der Waals surface area contributed by atoms with Crippen LogP contribution in [0.4, 0.5) is 0 Å². The first-order valence-corrected chi connectivity index (χ1v) is 6.63. The van der Waals surface area contributed by atoms with Crippen molar-refractivity contribution in [2.75, 3.05) is 0 Å². The Kier molecular flexibility index (Phi) is 4.84. The third-order valence-electron chi connectivity index (χ3n) is 2.33. The predicted octanol–water partition coefficient (Wildman–Crippen LogP) is 1.85. The van der Waals surface area contributed by atoms with Crippen LogP contribution < -0.4 is 5.32 Å². The Morgan fingerprint density at radius 1 is 1.39 bits per heavy atom. The lowest BCUT2D eigenvalue weighted by Gasteiger charge is -2.09. The van der Waals surface area contributed by atoms with Crippen molar-refractivity contribution in [3.05, 3.63) is 15.6 Å². The van der Waals surface area contributed by atoms with Crippen LogP contribution in [0, 0.1) is 12.8 Å². The first-order valence-electron chi connectivity index (χ1n) is 5.81. The van der Waals surface area contributed by atoms with Gasteiger partial charge in [-0.25, -0.2) is 4.98 Å². The molecule has 0 spiro atoms. The number of amides is 1. The molecular formula is C12H18N2O3S. The average molecular weight is 270 g/mol. The smallest absolute Gasteiger partial charge is 0.325 e. The molecule has 0 radical (unpaired) electrons. The van der Waals surface area contributed by atoms with Crippen molar-refractivity contribution in [3.8, 4) is 0 Å². The van der Waals surface area contributed by atoms with E-state index in [1.807, 2.05) is 6.92 Å². The van der Waals surface area contributed by atoms with Gasteiger partial charge in [0.2, 0.25) is 0 Å². The number of hydrogen-bond donors (Lipinski definition) is 2. The third kappa shape index (κ3) is 3.80. The van der Waals surface area contributed by atoms with E-state index in [2.05, 4.69) is 24.1 Å². The number of hydrogen-bond acceptors (Lipinski definition) is 4. The summed E-state index contributed by atoms with van der Waals surface area (Å²) in [5, 5.41) is 12.0. The van der Waals surface area contributed by atoms with Gasteiger partial charge in [-0.2, -0.15) is 0 Å². The number of carbonyl (C=O) groups is 2. The molecule has 1 amide bonds. The number of thiazole rings is 1. The standard InChI is InChI=1S/C12H18N2O3S/c1-6(2)5-9-10(18-8(4)14-9)11(15)13-7(3)12(16)17/h6-7H,5H2,1-4H3,(H,13,15)(H,16,17)/t7-/m1/s1. The fraction of sp³-hybridized carbons (Fsp3) is 0.583. The van der Waals surface area contributed by atoms with E-state index >= 15 is 0 Å². The zero-order valence-corrected chi connectivity index (χ0v) is 11.8. The first kappa shape index (κ1) is 14.6. The van der Waals surface area contributed by atoms with Gasteiger partial charge in [0, 0.05) is 0 Å². The highest BCUT2D eigenvalue weighted by molar-refractivity contribution is 7.13. The van der Waals surface area contributed by atoms with Crippen LogP contribution in [0.1, 0.15) is 41.1 Å². The monoisotopic (exact) mass is 270 g/mol. The summed E-state index contributed by atoms with van der Waals surface area (Å²) in [6.45, 7) is 7.38. The summed E-state index contributed by atoms with van der Waals surface area (Å²) in [6.07, 6.45) is 0.717. The second-order valence-corrected chi connectivity index (χ2v) is 5.84. The minimum absolute atomic E-state index is 0.355. The summed E-state index contributed by atoms with van der Waals surface area (Å²) in [6, 6.07) is -0.896. The fourth-order valence-corrected chi connectivity index (χ4v) is 2.35. The van der Waals surface area contributed by atoms with Gasteiger partial charge < -0.3 is 10.4 Å². The zero-order valence-electron chi connectivity index (χ0n) is 11.0. The number of nitrogens with one attached hydrogen (secondary N) is 1. The van der Waals surface area contributed by atoms with E-state index < -0.39 is 12.0 Å². The van der Waals surface area contributed by atoms with Crippen LogP contribution in [-0.2, 0) is 11.2 Å². The van der Waals surface area contributed by atoms with E-state index in [-0.39, 0.29) is 5.91 Å². The van der Waals surface area contributed by atoms with Crippen LogP contribution in [0.15, 0.2) is 0 Å². The lowest BCUT2D eigenvalue weighted by atomic mass is 10.1. The molecular weight excluding hydrogens is 252 g/mol. The summed E-state index contributed by atoms with van der Waals surface area (Å²) in [5.74, 6) is -1.00. The molecule has 0 aliphatic carbocycles. The molecule has 1 heterocycles. The van der Waals surface area contributed by atoms with Gasteiger partial charge in [0.1, 0.15) is 10.9 Å². The lowest BCUT2D eigenvalue weighted by molar-refractivity contribution is -0.138. The number of carbonyl (C=O) groups excluding carboxylic acids is 1. The van der Waals surface area contributed by atoms with E-state index in [4.69, 9.17) is 5.11 Å². The van der Waals surface area contributed by atoms with Gasteiger partial charge >= 0.3 is 5.97 Å². The SMILES string of the molecule is Cc1nc(CC(C)C)c(C(=O)N[C@H](C)C(=O)O)s1. The van der Waals surface area contributed by atoms with Crippen molar-refractivity contribution in [1.82, 2.24) is 10.3 Å². The lowest BCUT2D eigenvalue weighted by Crippen LogP contribution is -2.38. The van der Waals surface area contributed by atoms with Crippen molar-refractivity contribution in [3.63, 3.8) is 0 Å². The minimum Gasteiger partial charge on any atom is -0.480 e. The van der Waals surface area contributed by atoms with Crippen LogP contribution in [-0.4, -0.2) is 28.0 Å². The second kappa shape index (κ2) is 5.95. The molecule has 100 valence electrons. The molecule has 5 nitrogen and oxygen atoms in total. The normalized spacial score (nSPS) is 12.5. The Balaban J connectivity index is 2.88. The maximum atomic E-state index is 12.0. The van der Waals surface area contributed by atoms with Crippen molar-refractivity contribution >= 4 is 23.2 Å². The number of nitrogens with zero attached hydrogens (tertiary/aromatic N) is 1. The van der Waals surface area contributed by atoms with Gasteiger partial charge in [-0.05, 0) is 26.2 Å². The molecule has 1 rings (SSSR count). The Labute approximate surface area is 110 Å². The molecule has 2 N–H and O–H groups in total. The highest BCUT2D eigenvalue weighted by atomic mass is 32.1. The Bertz CT molecular complexity index is 454. The van der Waals surface area contributed by atoms with E-state index in [1.54, 1.807) is 0 Å². The van der Waals surface area contributed by atoms with Gasteiger partial charge in [-0.15, -0.1) is 11.3 Å². The predicted molar refractivity (Wildman–Crippen MR) is 70.0 cm³/mol. The Morgan fingerprint density at radius 2 is 2.00 bits per heavy atom. The second-order valence-electron chi connectivity index (χ2n) is 4.64. The minimum atomic E-state index is -1.05. The average Bonchev–Trinajstić information content (AvgIpc) is 2.58. The van der Waals surface area contributed by atoms with Gasteiger partial charge in [-0.3, -0.25) is 9.59 Å². The third-order valence-corrected chi connectivity index (χ3v) is 3.34. The topological polar surface area (TPSA) is 79.3 Å². The highest BCUT2D eigenvalue weighted by Crippen LogP contribution is 2.20. The van der Waals surface area contributed by atoms with Crippen molar-refractivity contribution in [1.29, 1.82) is 0 Å². The summed E-state index contributed by atoms with van der Waals surface area (Å²) in [7, 11) is 0. The highest BCUT2D eigenvalue weighted by Gasteiger charge is 2.21. The van der Waals surface area contributed by atoms with Crippen LogP contribution in [0.2, 0.25) is 0 Å². The largest absolute Gasteiger partial charge is 0.480 e. The van der Waals surface area contributed by atoms with E-state index in [1.165, 1.54) is 18.3 Å². The summed E-state index contributed by atoms with van der Waals surface area (Å²) < 4.78 is 0. The molecule has 1 aromatic heterocycles. The number of carboxylic acid groups (broad SMARTS) is 1. The fourth-order valence-electron chi connectivity index (χ4n) is 1.50. The van der Waals surface area contributed by atoms with Crippen LogP contribution >= 0.6 is 11.3 Å². The van der Waals surface area contributed by atoms with Crippen molar-refractivity contribution in [2.45, 2.75) is 40.2 Å². The molecule has 0 saturated carbocycles. The molecule has 6 heteroatoms. The number of carboxylic acids is 1. The molecule has 0 fully saturated rings. The van der Waals surface area contributed by atoms with E-state index in [0.29, 0.717) is 17.2 Å². The molecule has 0 aliphatic heterocycles. The van der Waals surface area contributed by atoms with Gasteiger partial charge in [0.25, 0.3) is 5.91 Å². The Morgan fingerprint density at radius 3 is 2.50 bits per heavy atom. The Hall–Kier alpha value is -1.43. The summed E-state index contributed by atoms with van der Waals surface area (Å²) >= 11 is 1.30. The number of aliphatic carboxylic acids is 1. The van der Waals surface area contributed by atoms with E-state index in [0.717, 1.165) is 10.7 Å². The van der Waals surface area contributed by atoms with Gasteiger partial charge in [-0.1, -0.05) is 13.8 Å². The molecule has 1 aromatic rings. The molecule has 0 aliphatic rings. The van der Waals surface area contributed by atoms with Crippen LogP contribution in [0.5, 0.6) is 0 Å². The maximum absolute atomic E-state index is 12.0. The maximum Gasteiger partial charge on any atom is 0.325 e. The van der Waals surface area contributed by atoms with Crippen molar-refractivity contribution in [2.24, 2.45) is 5.92 Å². The molecule has 1 atom stereocenters. The molecule has 0 bridgehead atoms. The number of aromatic nitrogens is 1. The van der Waals surface area contributed by atoms with Crippen LogP contribution in [0.25, 0.3) is 0 Å². The molecule has 0 aromatic carbocycles.